The number of hydrogen-bond donors (Lipinski definition) is 4. The molecule has 0 atom stereocenters. The van der Waals surface area contributed by atoms with Gasteiger partial charge in [0, 0.05) is 124 Å². The fourth-order valence-corrected chi connectivity index (χ4v) is 8.10. The molecule has 0 spiro atoms. The largest absolute Gasteiger partial charge is 0.377 e. The first-order valence-corrected chi connectivity index (χ1v) is 21.2. The van der Waals surface area contributed by atoms with Gasteiger partial charge in [0.25, 0.3) is 0 Å². The van der Waals surface area contributed by atoms with Crippen molar-refractivity contribution in [2.75, 3.05) is 78.3 Å². The lowest BCUT2D eigenvalue weighted by atomic mass is 10.0. The van der Waals surface area contributed by atoms with Gasteiger partial charge in [0.2, 0.25) is 22.1 Å². The fourth-order valence-electron chi connectivity index (χ4n) is 8.10. The molecule has 0 saturated heterocycles. The van der Waals surface area contributed by atoms with Gasteiger partial charge < -0.3 is 31.1 Å². The maximum atomic E-state index is 3.67. The zero-order valence-corrected chi connectivity index (χ0v) is 35.2. The van der Waals surface area contributed by atoms with Crippen molar-refractivity contribution < 1.29 is 9.13 Å². The van der Waals surface area contributed by atoms with Crippen LogP contribution in [0.25, 0.3) is 43.6 Å². The molecule has 8 nitrogen and oxygen atoms in total. The van der Waals surface area contributed by atoms with Crippen LogP contribution in [0.5, 0.6) is 0 Å². The molecule has 0 amide bonds. The van der Waals surface area contributed by atoms with Crippen molar-refractivity contribution in [2.45, 2.75) is 85.0 Å². The quantitative estimate of drug-likeness (QED) is 0.0301. The van der Waals surface area contributed by atoms with E-state index in [1.807, 2.05) is 14.1 Å². The number of hydrogen-bond acceptors (Lipinski definition) is 6. The van der Waals surface area contributed by atoms with E-state index in [9.17, 15) is 0 Å². The number of anilines is 2. The average molecular weight is 773 g/mol. The monoisotopic (exact) mass is 773 g/mol. The predicted octanol–water partition coefficient (Wildman–Crippen LogP) is 8.08. The minimum atomic E-state index is 0. The van der Waals surface area contributed by atoms with Crippen LogP contribution in [0, 0.1) is 0 Å². The van der Waals surface area contributed by atoms with Gasteiger partial charge in [-0.25, -0.2) is 0 Å². The molecule has 0 aliphatic rings. The van der Waals surface area contributed by atoms with Gasteiger partial charge in [0.1, 0.15) is 13.1 Å². The van der Waals surface area contributed by atoms with Crippen molar-refractivity contribution >= 4 is 55.0 Å². The molecular weight excluding hydrogens is 701 g/mol. The summed E-state index contributed by atoms with van der Waals surface area (Å²) in [4.78, 5) is 4.40. The molecule has 306 valence electrons. The number of aromatic nitrogens is 2. The first-order valence-electron chi connectivity index (χ1n) is 21.2. The highest BCUT2D eigenvalue weighted by atomic mass is 15.1. The first-order chi connectivity index (χ1) is 27.4. The van der Waals surface area contributed by atoms with Crippen LogP contribution in [0.15, 0.2) is 84.9 Å². The molecule has 57 heavy (non-hydrogen) atoms. The Bertz CT molecular complexity index is 2050. The summed E-state index contributed by atoms with van der Waals surface area (Å²) in [5.74, 6) is 0. The molecule has 0 bridgehead atoms. The third kappa shape index (κ3) is 11.6. The van der Waals surface area contributed by atoms with Crippen molar-refractivity contribution in [1.82, 2.24) is 21.3 Å². The van der Waals surface area contributed by atoms with Crippen LogP contribution in [-0.4, -0.2) is 68.5 Å². The van der Waals surface area contributed by atoms with E-state index in [2.05, 4.69) is 153 Å². The average Bonchev–Trinajstić information content (AvgIpc) is 3.20. The van der Waals surface area contributed by atoms with Crippen LogP contribution in [0.4, 0.5) is 11.4 Å². The fraction of sp³-hybridized carbons (Fsp3) is 0.469. The number of rotatable bonds is 23. The SMILES string of the molecule is C.CNCc1ccc2cc3ccc(CNC)cc3[n+](CCCCCCNCCNCCCCCC[n+]3c4cc(N(C)C)ccc4cc4ccc(N(C)C)cc43)c2c1. The first kappa shape index (κ1) is 43.8. The second-order valence-corrected chi connectivity index (χ2v) is 16.0. The van der Waals surface area contributed by atoms with Gasteiger partial charge in [-0.05, 0) is 113 Å². The summed E-state index contributed by atoms with van der Waals surface area (Å²) in [7, 11) is 12.5. The Kier molecular flexibility index (Phi) is 16.9. The zero-order valence-electron chi connectivity index (χ0n) is 35.2. The van der Waals surface area contributed by atoms with E-state index in [0.29, 0.717) is 0 Å². The molecule has 6 aromatic rings. The van der Waals surface area contributed by atoms with Crippen molar-refractivity contribution in [1.29, 1.82) is 0 Å². The Morgan fingerprint density at radius 2 is 0.789 bits per heavy atom. The van der Waals surface area contributed by atoms with Gasteiger partial charge in [0.15, 0.2) is 0 Å². The maximum Gasteiger partial charge on any atom is 0.215 e. The minimum absolute atomic E-state index is 0. The highest BCUT2D eigenvalue weighted by Crippen LogP contribution is 2.26. The molecule has 2 heterocycles. The lowest BCUT2D eigenvalue weighted by molar-refractivity contribution is -0.646. The predicted molar refractivity (Wildman–Crippen MR) is 247 cm³/mol. The Morgan fingerprint density at radius 3 is 1.18 bits per heavy atom. The summed E-state index contributed by atoms with van der Waals surface area (Å²) in [5.41, 5.74) is 10.5. The third-order valence-corrected chi connectivity index (χ3v) is 11.2. The lowest BCUT2D eigenvalue weighted by Gasteiger charge is -2.15. The van der Waals surface area contributed by atoms with Crippen LogP contribution >= 0.6 is 0 Å². The van der Waals surface area contributed by atoms with E-state index in [1.165, 1.54) is 117 Å². The molecular formula is C49H72N8+2. The van der Waals surface area contributed by atoms with Gasteiger partial charge in [-0.2, -0.15) is 9.13 Å². The van der Waals surface area contributed by atoms with Gasteiger partial charge >= 0.3 is 0 Å². The van der Waals surface area contributed by atoms with E-state index < -0.39 is 0 Å². The molecule has 2 aromatic heterocycles. The van der Waals surface area contributed by atoms with Gasteiger partial charge in [-0.15, -0.1) is 0 Å². The van der Waals surface area contributed by atoms with E-state index in [-0.39, 0.29) is 7.43 Å². The second-order valence-electron chi connectivity index (χ2n) is 16.0. The van der Waals surface area contributed by atoms with E-state index in [1.54, 1.807) is 0 Å². The van der Waals surface area contributed by atoms with E-state index >= 15 is 0 Å². The molecule has 4 aromatic carbocycles. The summed E-state index contributed by atoms with van der Waals surface area (Å²) >= 11 is 0. The van der Waals surface area contributed by atoms with Crippen molar-refractivity contribution in [3.05, 3.63) is 96.1 Å². The maximum absolute atomic E-state index is 3.67. The number of nitrogens with zero attached hydrogens (tertiary/aromatic N) is 4. The van der Waals surface area contributed by atoms with Crippen LogP contribution in [0.2, 0.25) is 0 Å². The van der Waals surface area contributed by atoms with E-state index in [0.717, 1.165) is 52.4 Å². The number of fused-ring (bicyclic) bond motifs is 4. The summed E-state index contributed by atoms with van der Waals surface area (Å²) < 4.78 is 5.13. The van der Waals surface area contributed by atoms with Crippen LogP contribution in [-0.2, 0) is 26.2 Å². The Hall–Kier alpha value is -4.34. The Labute approximate surface area is 343 Å². The zero-order chi connectivity index (χ0) is 39.3. The summed E-state index contributed by atoms with van der Waals surface area (Å²) in [6, 6.07) is 32.2. The highest BCUT2D eigenvalue weighted by molar-refractivity contribution is 5.92. The number of pyridine rings is 2. The topological polar surface area (TPSA) is 62.4 Å². The highest BCUT2D eigenvalue weighted by Gasteiger charge is 2.19. The standard InChI is InChI=1S/C48H68N8.CH4/c1-49-35-37-15-17-39-31-40-18-16-38(36-50-2)30-46(40)55(45(39)29-37)27-13-9-7-11-23-51-25-26-52-24-12-8-10-14-28-56-47-33-43(53(3)4)21-19-41(47)32-42-20-22-44(54(5)6)34-48(42)56;/h15-22,29-34,49-52H,7-14,23-28,35-36H2,1-6H3;1H4/q+2;. The van der Waals surface area contributed by atoms with E-state index in [4.69, 9.17) is 0 Å². The molecule has 0 aliphatic carbocycles. The van der Waals surface area contributed by atoms with Gasteiger partial charge in [0.05, 0.1) is 0 Å². The minimum Gasteiger partial charge on any atom is -0.377 e. The van der Waals surface area contributed by atoms with Gasteiger partial charge in [-0.1, -0.05) is 32.4 Å². The van der Waals surface area contributed by atoms with Crippen LogP contribution in [0.3, 0.4) is 0 Å². The van der Waals surface area contributed by atoms with Crippen molar-refractivity contribution in [3.8, 4) is 0 Å². The Morgan fingerprint density at radius 1 is 0.421 bits per heavy atom. The second kappa shape index (κ2) is 22.0. The summed E-state index contributed by atoms with van der Waals surface area (Å²) in [5, 5.41) is 19.2. The number of unbranched alkanes of at least 4 members (excludes halogenated alkanes) is 6. The van der Waals surface area contributed by atoms with Crippen LogP contribution < -0.4 is 40.2 Å². The smallest absolute Gasteiger partial charge is 0.215 e. The molecule has 8 heteroatoms. The van der Waals surface area contributed by atoms with Gasteiger partial charge in [-0.3, -0.25) is 0 Å². The van der Waals surface area contributed by atoms with Crippen molar-refractivity contribution in [3.63, 3.8) is 0 Å². The molecule has 0 saturated carbocycles. The molecule has 0 unspecified atom stereocenters. The third-order valence-electron chi connectivity index (χ3n) is 11.2. The van der Waals surface area contributed by atoms with Crippen LogP contribution in [0.1, 0.15) is 69.9 Å². The number of aryl methyl sites for hydroxylation is 2. The molecule has 6 rings (SSSR count). The normalized spacial score (nSPS) is 11.5. The molecule has 4 N–H and O–H groups in total. The number of benzene rings is 4. The number of nitrogens with one attached hydrogen (secondary N) is 4. The molecule has 0 radical (unpaired) electrons. The summed E-state index contributed by atoms with van der Waals surface area (Å²) in [6.45, 7) is 8.12. The van der Waals surface area contributed by atoms with Crippen molar-refractivity contribution in [2.24, 2.45) is 0 Å². The molecule has 0 fully saturated rings. The lowest BCUT2D eigenvalue weighted by Crippen LogP contribution is -2.36. The summed E-state index contributed by atoms with van der Waals surface area (Å²) in [6.07, 6.45) is 9.86. The Balaban J connectivity index is 0.00000620. The molecule has 0 aliphatic heterocycles.